The molecule has 4 amide bonds. The minimum Gasteiger partial charge on any atom is -0.352 e. The van der Waals surface area contributed by atoms with Gasteiger partial charge in [-0.05, 0) is 37.3 Å². The normalized spacial score (nSPS) is 12.7. The Balaban J connectivity index is 1.60. The average Bonchev–Trinajstić information content (AvgIpc) is 2.91. The number of anilines is 1. The predicted molar refractivity (Wildman–Crippen MR) is 99.5 cm³/mol. The Kier molecular flexibility index (Phi) is 5.30. The van der Waals surface area contributed by atoms with Gasteiger partial charge in [0.1, 0.15) is 0 Å². The minimum absolute atomic E-state index is 0.00576. The van der Waals surface area contributed by atoms with Crippen LogP contribution in [0.1, 0.15) is 44.4 Å². The van der Waals surface area contributed by atoms with Gasteiger partial charge in [-0.2, -0.15) is 0 Å². The van der Waals surface area contributed by atoms with Crippen molar-refractivity contribution >= 4 is 29.3 Å². The average molecular weight is 365 g/mol. The third-order valence-corrected chi connectivity index (χ3v) is 4.19. The van der Waals surface area contributed by atoms with Gasteiger partial charge < -0.3 is 10.6 Å². The van der Waals surface area contributed by atoms with E-state index < -0.39 is 0 Å². The number of carbonyl (C=O) groups is 4. The number of carbonyl (C=O) groups excluding carboxylic acids is 4. The van der Waals surface area contributed by atoms with E-state index in [-0.39, 0.29) is 36.6 Å². The van der Waals surface area contributed by atoms with E-state index >= 15 is 0 Å². The summed E-state index contributed by atoms with van der Waals surface area (Å²) in [6, 6.07) is 13.2. The zero-order valence-corrected chi connectivity index (χ0v) is 14.8. The lowest BCUT2D eigenvalue weighted by molar-refractivity contribution is -0.116. The highest BCUT2D eigenvalue weighted by Crippen LogP contribution is 2.22. The van der Waals surface area contributed by atoms with Crippen LogP contribution in [0.2, 0.25) is 0 Å². The van der Waals surface area contributed by atoms with Crippen molar-refractivity contribution in [1.82, 2.24) is 10.2 Å². The number of amides is 4. The van der Waals surface area contributed by atoms with Gasteiger partial charge in [-0.15, -0.1) is 0 Å². The van der Waals surface area contributed by atoms with Gasteiger partial charge in [0, 0.05) is 30.8 Å². The van der Waals surface area contributed by atoms with E-state index in [1.165, 1.54) is 0 Å². The molecule has 0 aliphatic carbocycles. The highest BCUT2D eigenvalue weighted by Gasteiger charge is 2.34. The van der Waals surface area contributed by atoms with Gasteiger partial charge in [0.05, 0.1) is 11.1 Å². The van der Waals surface area contributed by atoms with Crippen LogP contribution < -0.4 is 10.6 Å². The standard InChI is InChI=1S/C20H19N3O4/c1-2-21-18(25)13-6-5-7-14(12-13)22-17(24)10-11-23-19(26)15-8-3-4-9-16(15)20(23)27/h3-9,12H,2,10-11H2,1H3,(H,21,25)(H,22,24). The summed E-state index contributed by atoms with van der Waals surface area (Å²) in [4.78, 5) is 49.7. The van der Waals surface area contributed by atoms with E-state index in [0.717, 1.165) is 4.90 Å². The number of fused-ring (bicyclic) bond motifs is 1. The Labute approximate surface area is 156 Å². The molecule has 2 aromatic carbocycles. The molecule has 138 valence electrons. The zero-order chi connectivity index (χ0) is 19.4. The van der Waals surface area contributed by atoms with Crippen LogP contribution in [0.25, 0.3) is 0 Å². The molecule has 0 fully saturated rings. The van der Waals surface area contributed by atoms with Gasteiger partial charge in [0.2, 0.25) is 5.91 Å². The smallest absolute Gasteiger partial charge is 0.261 e. The third-order valence-electron chi connectivity index (χ3n) is 4.19. The lowest BCUT2D eigenvalue weighted by atomic mass is 10.1. The molecule has 2 N–H and O–H groups in total. The van der Waals surface area contributed by atoms with Crippen molar-refractivity contribution in [3.63, 3.8) is 0 Å². The monoisotopic (exact) mass is 365 g/mol. The van der Waals surface area contributed by atoms with Gasteiger partial charge in [-0.1, -0.05) is 18.2 Å². The first-order valence-corrected chi connectivity index (χ1v) is 8.64. The van der Waals surface area contributed by atoms with Crippen LogP contribution >= 0.6 is 0 Å². The molecular formula is C20H19N3O4. The van der Waals surface area contributed by atoms with Crippen LogP contribution in [0.15, 0.2) is 48.5 Å². The highest BCUT2D eigenvalue weighted by atomic mass is 16.2. The van der Waals surface area contributed by atoms with E-state index in [0.29, 0.717) is 28.9 Å². The molecule has 0 saturated heterocycles. The molecule has 7 heteroatoms. The molecule has 0 saturated carbocycles. The largest absolute Gasteiger partial charge is 0.352 e. The van der Waals surface area contributed by atoms with Crippen molar-refractivity contribution in [1.29, 1.82) is 0 Å². The van der Waals surface area contributed by atoms with Crippen molar-refractivity contribution in [3.8, 4) is 0 Å². The molecule has 0 spiro atoms. The van der Waals surface area contributed by atoms with Crippen LogP contribution in [0, 0.1) is 0 Å². The molecule has 1 aliphatic rings. The molecule has 0 unspecified atom stereocenters. The first-order chi connectivity index (χ1) is 13.0. The van der Waals surface area contributed by atoms with E-state index in [1.54, 1.807) is 48.5 Å². The van der Waals surface area contributed by atoms with Gasteiger partial charge in [0.15, 0.2) is 0 Å². The summed E-state index contributed by atoms with van der Waals surface area (Å²) < 4.78 is 0. The topological polar surface area (TPSA) is 95.6 Å². The maximum absolute atomic E-state index is 12.3. The number of nitrogens with zero attached hydrogens (tertiary/aromatic N) is 1. The number of benzene rings is 2. The van der Waals surface area contributed by atoms with E-state index in [2.05, 4.69) is 10.6 Å². The summed E-state index contributed by atoms with van der Waals surface area (Å²) in [6.07, 6.45) is -0.0309. The van der Waals surface area contributed by atoms with Crippen molar-refractivity contribution < 1.29 is 19.2 Å². The summed E-state index contributed by atoms with van der Waals surface area (Å²) in [5, 5.41) is 5.38. The first kappa shape index (κ1) is 18.3. The molecule has 7 nitrogen and oxygen atoms in total. The lowest BCUT2D eigenvalue weighted by Gasteiger charge is -2.13. The molecule has 3 rings (SSSR count). The molecule has 0 bridgehead atoms. The molecule has 0 aromatic heterocycles. The number of nitrogens with one attached hydrogen (secondary N) is 2. The van der Waals surface area contributed by atoms with E-state index in [1.807, 2.05) is 6.92 Å². The second-order valence-electron chi connectivity index (χ2n) is 6.05. The summed E-state index contributed by atoms with van der Waals surface area (Å²) in [7, 11) is 0. The van der Waals surface area contributed by atoms with Gasteiger partial charge >= 0.3 is 0 Å². The summed E-state index contributed by atoms with van der Waals surface area (Å²) in [5.41, 5.74) is 1.64. The van der Waals surface area contributed by atoms with Gasteiger partial charge in [-0.3, -0.25) is 24.1 Å². The third kappa shape index (κ3) is 3.87. The summed E-state index contributed by atoms with van der Waals surface area (Å²) in [6.45, 7) is 2.33. The van der Waals surface area contributed by atoms with Gasteiger partial charge in [-0.25, -0.2) is 0 Å². The second kappa shape index (κ2) is 7.82. The molecule has 0 radical (unpaired) electrons. The van der Waals surface area contributed by atoms with Crippen molar-refractivity contribution in [2.75, 3.05) is 18.4 Å². The molecule has 2 aromatic rings. The first-order valence-electron chi connectivity index (χ1n) is 8.64. The fourth-order valence-corrected chi connectivity index (χ4v) is 2.88. The number of hydrogen-bond acceptors (Lipinski definition) is 4. The second-order valence-corrected chi connectivity index (χ2v) is 6.05. The highest BCUT2D eigenvalue weighted by molar-refractivity contribution is 6.21. The van der Waals surface area contributed by atoms with Crippen molar-refractivity contribution in [2.24, 2.45) is 0 Å². The minimum atomic E-state index is -0.387. The Bertz CT molecular complexity index is 888. The predicted octanol–water partition coefficient (Wildman–Crippen LogP) is 2.06. The van der Waals surface area contributed by atoms with Crippen LogP contribution in [0.3, 0.4) is 0 Å². The Hall–Kier alpha value is -3.48. The summed E-state index contributed by atoms with van der Waals surface area (Å²) >= 11 is 0. The van der Waals surface area contributed by atoms with Crippen molar-refractivity contribution in [2.45, 2.75) is 13.3 Å². The molecule has 0 atom stereocenters. The Morgan fingerprint density at radius 1 is 0.963 bits per heavy atom. The molecule has 1 aliphatic heterocycles. The number of hydrogen-bond donors (Lipinski definition) is 2. The van der Waals surface area contributed by atoms with Crippen molar-refractivity contribution in [3.05, 3.63) is 65.2 Å². The number of imide groups is 1. The van der Waals surface area contributed by atoms with Crippen LogP contribution in [0.5, 0.6) is 0 Å². The molecule has 27 heavy (non-hydrogen) atoms. The zero-order valence-electron chi connectivity index (χ0n) is 14.8. The Morgan fingerprint density at radius 2 is 1.63 bits per heavy atom. The quantitative estimate of drug-likeness (QED) is 0.766. The molecular weight excluding hydrogens is 346 g/mol. The van der Waals surface area contributed by atoms with Crippen LogP contribution in [0.4, 0.5) is 5.69 Å². The fraction of sp³-hybridized carbons (Fsp3) is 0.200. The van der Waals surface area contributed by atoms with E-state index in [4.69, 9.17) is 0 Å². The maximum Gasteiger partial charge on any atom is 0.261 e. The summed E-state index contributed by atoms with van der Waals surface area (Å²) in [5.74, 6) is -1.34. The molecule has 1 heterocycles. The fourth-order valence-electron chi connectivity index (χ4n) is 2.88. The maximum atomic E-state index is 12.3. The van der Waals surface area contributed by atoms with Gasteiger partial charge in [0.25, 0.3) is 17.7 Å². The van der Waals surface area contributed by atoms with Crippen LogP contribution in [-0.4, -0.2) is 41.6 Å². The van der Waals surface area contributed by atoms with E-state index in [9.17, 15) is 19.2 Å². The van der Waals surface area contributed by atoms with Crippen LogP contribution in [-0.2, 0) is 4.79 Å². The Morgan fingerprint density at radius 3 is 2.26 bits per heavy atom. The lowest BCUT2D eigenvalue weighted by Crippen LogP contribution is -2.32. The number of rotatable bonds is 6. The SMILES string of the molecule is CCNC(=O)c1cccc(NC(=O)CCN2C(=O)c3ccccc3C2=O)c1.